The normalized spacial score (nSPS) is 24.7. The van der Waals surface area contributed by atoms with Crippen molar-refractivity contribution in [1.82, 2.24) is 14.9 Å². The van der Waals surface area contributed by atoms with Gasteiger partial charge in [0.1, 0.15) is 5.82 Å². The number of likely N-dealkylation sites (tertiary alicyclic amines) is 1. The lowest BCUT2D eigenvalue weighted by Gasteiger charge is -2.30. The fourth-order valence-electron chi connectivity index (χ4n) is 3.82. The van der Waals surface area contributed by atoms with E-state index in [1.807, 2.05) is 6.92 Å². The molecule has 0 radical (unpaired) electrons. The average Bonchev–Trinajstić information content (AvgIpc) is 2.95. The number of halogens is 5. The van der Waals surface area contributed by atoms with Gasteiger partial charge < -0.3 is 10.6 Å². The van der Waals surface area contributed by atoms with Crippen molar-refractivity contribution >= 4 is 30.7 Å². The van der Waals surface area contributed by atoms with E-state index in [9.17, 15) is 18.0 Å². The van der Waals surface area contributed by atoms with E-state index >= 15 is 0 Å². The van der Waals surface area contributed by atoms with Crippen LogP contribution in [0.15, 0.2) is 0 Å². The Balaban J connectivity index is 0.00000182. The molecular weight excluding hydrogens is 404 g/mol. The van der Waals surface area contributed by atoms with Crippen molar-refractivity contribution in [1.29, 1.82) is 0 Å². The monoisotopic (exact) mass is 428 g/mol. The molecule has 1 saturated heterocycles. The first-order valence-corrected chi connectivity index (χ1v) is 8.55. The zero-order valence-corrected chi connectivity index (χ0v) is 16.9. The molecule has 0 saturated carbocycles. The number of hydrogen-bond acceptors (Lipinski definition) is 4. The number of fused-ring (bicyclic) bond motifs is 1. The first-order chi connectivity index (χ1) is 11.6. The topological polar surface area (TPSA) is 72.1 Å². The standard InChI is InChI=1S/C17H23F3N4O.2ClH/c1-10-22-13-4-3-11(7-12(13)14(23-10)17(18,19)20)15(25)24-6-5-16(2,8-21)9-24;;/h11H,3-9,21H2,1-2H3;2*1H. The van der Waals surface area contributed by atoms with Crippen LogP contribution >= 0.6 is 24.8 Å². The van der Waals surface area contributed by atoms with E-state index in [1.165, 1.54) is 6.92 Å². The molecule has 1 amide bonds. The van der Waals surface area contributed by atoms with Crippen LogP contribution in [-0.4, -0.2) is 40.4 Å². The molecule has 1 aliphatic heterocycles. The summed E-state index contributed by atoms with van der Waals surface area (Å²) in [6.45, 7) is 5.18. The molecule has 5 nitrogen and oxygen atoms in total. The largest absolute Gasteiger partial charge is 0.433 e. The molecule has 1 aromatic rings. The summed E-state index contributed by atoms with van der Waals surface area (Å²) in [6.07, 6.45) is -2.75. The van der Waals surface area contributed by atoms with Crippen LogP contribution < -0.4 is 5.73 Å². The lowest BCUT2D eigenvalue weighted by molar-refractivity contribution is -0.143. The number of hydrogen-bond donors (Lipinski definition) is 1. The summed E-state index contributed by atoms with van der Waals surface area (Å²) in [5, 5.41) is 0. The molecular formula is C17H25Cl2F3N4O. The molecule has 3 rings (SSSR count). The number of amides is 1. The van der Waals surface area contributed by atoms with Gasteiger partial charge in [0.25, 0.3) is 0 Å². The van der Waals surface area contributed by atoms with Gasteiger partial charge in [0, 0.05) is 30.3 Å². The SMILES string of the molecule is Cc1nc2c(c(C(F)(F)F)n1)CC(C(=O)N1CCC(C)(CN)C1)CC2.Cl.Cl. The van der Waals surface area contributed by atoms with E-state index in [-0.39, 0.29) is 53.9 Å². The highest BCUT2D eigenvalue weighted by Gasteiger charge is 2.42. The summed E-state index contributed by atoms with van der Waals surface area (Å²) in [6, 6.07) is 0. The second-order valence-electron chi connectivity index (χ2n) is 7.51. The van der Waals surface area contributed by atoms with Gasteiger partial charge in [-0.1, -0.05) is 6.92 Å². The average molecular weight is 429 g/mol. The number of rotatable bonds is 2. The minimum absolute atomic E-state index is 0. The Hall–Kier alpha value is -1.12. The molecule has 1 aliphatic carbocycles. The van der Waals surface area contributed by atoms with Gasteiger partial charge in [0.2, 0.25) is 5.91 Å². The van der Waals surface area contributed by atoms with E-state index in [2.05, 4.69) is 9.97 Å². The zero-order chi connectivity index (χ0) is 18.4. The van der Waals surface area contributed by atoms with E-state index in [4.69, 9.17) is 5.73 Å². The molecule has 27 heavy (non-hydrogen) atoms. The molecule has 10 heteroatoms. The smallest absolute Gasteiger partial charge is 0.342 e. The fraction of sp³-hybridized carbons (Fsp3) is 0.706. The number of aromatic nitrogens is 2. The minimum atomic E-state index is -4.53. The van der Waals surface area contributed by atoms with Crippen LogP contribution in [0.3, 0.4) is 0 Å². The van der Waals surface area contributed by atoms with Gasteiger partial charge >= 0.3 is 6.18 Å². The maximum atomic E-state index is 13.3. The maximum absolute atomic E-state index is 13.3. The Morgan fingerprint density at radius 3 is 2.56 bits per heavy atom. The van der Waals surface area contributed by atoms with Gasteiger partial charge in [-0.05, 0) is 44.6 Å². The van der Waals surface area contributed by atoms with Gasteiger partial charge in [-0.3, -0.25) is 4.79 Å². The van der Waals surface area contributed by atoms with Crippen molar-refractivity contribution < 1.29 is 18.0 Å². The quantitative estimate of drug-likeness (QED) is 0.785. The number of aryl methyl sites for hydroxylation is 2. The van der Waals surface area contributed by atoms with Crippen molar-refractivity contribution in [3.05, 3.63) is 22.8 Å². The van der Waals surface area contributed by atoms with E-state index < -0.39 is 17.8 Å². The predicted molar refractivity (Wildman–Crippen MR) is 100 cm³/mol. The lowest BCUT2D eigenvalue weighted by atomic mass is 9.84. The van der Waals surface area contributed by atoms with Gasteiger partial charge in [-0.25, -0.2) is 9.97 Å². The third-order valence-electron chi connectivity index (χ3n) is 5.36. The van der Waals surface area contributed by atoms with Crippen molar-refractivity contribution in [2.75, 3.05) is 19.6 Å². The summed E-state index contributed by atoms with van der Waals surface area (Å²) in [5.41, 5.74) is 5.30. The van der Waals surface area contributed by atoms with Gasteiger partial charge in [-0.15, -0.1) is 24.8 Å². The highest BCUT2D eigenvalue weighted by Crippen LogP contribution is 2.37. The van der Waals surface area contributed by atoms with E-state index in [0.29, 0.717) is 38.2 Å². The van der Waals surface area contributed by atoms with Crippen LogP contribution in [0.1, 0.15) is 42.5 Å². The van der Waals surface area contributed by atoms with Crippen LogP contribution in [-0.2, 0) is 23.8 Å². The fourth-order valence-corrected chi connectivity index (χ4v) is 3.82. The molecule has 154 valence electrons. The van der Waals surface area contributed by atoms with E-state index in [0.717, 1.165) is 6.42 Å². The highest BCUT2D eigenvalue weighted by molar-refractivity contribution is 5.85. The van der Waals surface area contributed by atoms with E-state index in [1.54, 1.807) is 4.90 Å². The molecule has 0 spiro atoms. The van der Waals surface area contributed by atoms with Gasteiger partial charge in [-0.2, -0.15) is 13.2 Å². The molecule has 2 atom stereocenters. The Labute approximate surface area is 169 Å². The molecule has 2 unspecified atom stereocenters. The number of nitrogens with two attached hydrogens (primary N) is 1. The van der Waals surface area contributed by atoms with Crippen LogP contribution in [0, 0.1) is 18.3 Å². The van der Waals surface area contributed by atoms with Crippen molar-refractivity contribution in [3.8, 4) is 0 Å². The third kappa shape index (κ3) is 4.84. The summed E-state index contributed by atoms with van der Waals surface area (Å²) in [5.74, 6) is -0.398. The van der Waals surface area contributed by atoms with Crippen LogP contribution in [0.4, 0.5) is 13.2 Å². The zero-order valence-electron chi connectivity index (χ0n) is 15.3. The Morgan fingerprint density at radius 2 is 2.00 bits per heavy atom. The summed E-state index contributed by atoms with van der Waals surface area (Å²) in [7, 11) is 0. The Kier molecular flexibility index (Phi) is 7.52. The lowest BCUT2D eigenvalue weighted by Crippen LogP contribution is -2.40. The highest BCUT2D eigenvalue weighted by atomic mass is 35.5. The van der Waals surface area contributed by atoms with Crippen LogP contribution in [0.5, 0.6) is 0 Å². The maximum Gasteiger partial charge on any atom is 0.433 e. The first-order valence-electron chi connectivity index (χ1n) is 8.55. The van der Waals surface area contributed by atoms with Crippen molar-refractivity contribution in [3.63, 3.8) is 0 Å². The van der Waals surface area contributed by atoms with Gasteiger partial charge in [0.15, 0.2) is 5.69 Å². The molecule has 0 bridgehead atoms. The number of nitrogens with zero attached hydrogens (tertiary/aromatic N) is 3. The Morgan fingerprint density at radius 1 is 1.33 bits per heavy atom. The molecule has 1 aromatic heterocycles. The molecule has 2 heterocycles. The predicted octanol–water partition coefficient (Wildman–Crippen LogP) is 2.95. The minimum Gasteiger partial charge on any atom is -0.342 e. The summed E-state index contributed by atoms with van der Waals surface area (Å²) in [4.78, 5) is 22.3. The first kappa shape index (κ1) is 23.9. The van der Waals surface area contributed by atoms with Crippen molar-refractivity contribution in [2.24, 2.45) is 17.1 Å². The van der Waals surface area contributed by atoms with Crippen LogP contribution in [0.25, 0.3) is 0 Å². The molecule has 0 aromatic carbocycles. The van der Waals surface area contributed by atoms with Crippen LogP contribution in [0.2, 0.25) is 0 Å². The second-order valence-corrected chi connectivity index (χ2v) is 7.51. The number of carbonyl (C=O) groups excluding carboxylic acids is 1. The Bertz CT molecular complexity index is 701. The number of carbonyl (C=O) groups is 1. The second kappa shape index (κ2) is 8.49. The summed E-state index contributed by atoms with van der Waals surface area (Å²) < 4.78 is 40.0. The summed E-state index contributed by atoms with van der Waals surface area (Å²) >= 11 is 0. The third-order valence-corrected chi connectivity index (χ3v) is 5.36. The van der Waals surface area contributed by atoms with Crippen molar-refractivity contribution in [2.45, 2.75) is 45.7 Å². The van der Waals surface area contributed by atoms with Gasteiger partial charge in [0.05, 0.1) is 0 Å². The molecule has 2 aliphatic rings. The molecule has 1 fully saturated rings. The molecule has 2 N–H and O–H groups in total. The number of alkyl halides is 3.